The van der Waals surface area contributed by atoms with Gasteiger partial charge in [-0.1, -0.05) is 90.6 Å². The maximum absolute atomic E-state index is 16.0. The van der Waals surface area contributed by atoms with Crippen molar-refractivity contribution in [3.05, 3.63) is 102 Å². The van der Waals surface area contributed by atoms with E-state index < -0.39 is 11.2 Å². The van der Waals surface area contributed by atoms with Crippen LogP contribution < -0.4 is 0 Å². The van der Waals surface area contributed by atoms with Crippen LogP contribution in [0.4, 0.5) is 8.78 Å². The van der Waals surface area contributed by atoms with Crippen molar-refractivity contribution in [3.8, 4) is 0 Å². The summed E-state index contributed by atoms with van der Waals surface area (Å²) in [6.45, 7) is 0. The first-order valence-corrected chi connectivity index (χ1v) is 8.72. The number of hydrogen-bond acceptors (Lipinski definition) is 1. The highest BCUT2D eigenvalue weighted by atomic mass is 32.2. The zero-order valence-corrected chi connectivity index (χ0v) is 13.9. The van der Waals surface area contributed by atoms with Crippen molar-refractivity contribution in [2.75, 3.05) is 0 Å². The highest BCUT2D eigenvalue weighted by Crippen LogP contribution is 2.42. The van der Waals surface area contributed by atoms with Crippen molar-refractivity contribution < 1.29 is 8.78 Å². The monoisotopic (exact) mass is 340 g/mol. The van der Waals surface area contributed by atoms with Crippen LogP contribution >= 0.6 is 11.8 Å². The minimum Gasteiger partial charge on any atom is -0.235 e. The molecule has 0 aliphatic heterocycles. The molecule has 0 nitrogen and oxygen atoms in total. The van der Waals surface area contributed by atoms with Crippen LogP contribution in [0, 0.1) is 0 Å². The molecule has 0 aromatic heterocycles. The summed E-state index contributed by atoms with van der Waals surface area (Å²) in [5.74, 6) is 0. The second-order valence-electron chi connectivity index (χ2n) is 5.58. The molecule has 3 aromatic rings. The van der Waals surface area contributed by atoms with Crippen LogP contribution in [0.2, 0.25) is 0 Å². The number of benzene rings is 3. The van der Waals surface area contributed by atoms with Crippen LogP contribution in [-0.2, 0) is 5.67 Å². The highest BCUT2D eigenvalue weighted by Gasteiger charge is 2.37. The van der Waals surface area contributed by atoms with Gasteiger partial charge in [0.2, 0.25) is 0 Å². The van der Waals surface area contributed by atoms with Crippen molar-refractivity contribution in [1.82, 2.24) is 0 Å². The van der Waals surface area contributed by atoms with Gasteiger partial charge in [0.25, 0.3) is 0 Å². The van der Waals surface area contributed by atoms with E-state index in [1.807, 2.05) is 42.5 Å². The average molecular weight is 340 g/mol. The van der Waals surface area contributed by atoms with E-state index in [9.17, 15) is 4.39 Å². The van der Waals surface area contributed by atoms with Crippen molar-refractivity contribution >= 4 is 11.8 Å². The van der Waals surface area contributed by atoms with Gasteiger partial charge in [0.05, 0.1) is 0 Å². The molecule has 24 heavy (non-hydrogen) atoms. The molecule has 0 fully saturated rings. The van der Waals surface area contributed by atoms with E-state index in [0.29, 0.717) is 11.1 Å². The highest BCUT2D eigenvalue weighted by molar-refractivity contribution is 7.99. The Bertz CT molecular complexity index is 705. The molecule has 0 spiro atoms. The van der Waals surface area contributed by atoms with Gasteiger partial charge in [0, 0.05) is 11.3 Å². The fourth-order valence-corrected chi connectivity index (χ4v) is 3.64. The molecule has 3 aromatic carbocycles. The second-order valence-corrected chi connectivity index (χ2v) is 6.80. The fraction of sp³-hybridized carbons (Fsp3) is 0.143. The molecule has 3 rings (SSSR count). The molecular formula is C21H18F2S. The van der Waals surface area contributed by atoms with Gasteiger partial charge in [-0.25, -0.2) is 8.78 Å². The van der Waals surface area contributed by atoms with E-state index in [0.717, 1.165) is 16.7 Å². The van der Waals surface area contributed by atoms with Crippen molar-refractivity contribution in [2.24, 2.45) is 0 Å². The minimum absolute atomic E-state index is 0.236. The van der Waals surface area contributed by atoms with Gasteiger partial charge in [-0.2, -0.15) is 0 Å². The summed E-state index contributed by atoms with van der Waals surface area (Å²) in [5, 5.41) is 0. The lowest BCUT2D eigenvalue weighted by molar-refractivity contribution is 0.177. The molecule has 0 N–H and O–H groups in total. The molecular weight excluding hydrogens is 322 g/mol. The van der Waals surface area contributed by atoms with E-state index in [2.05, 4.69) is 0 Å². The first-order valence-electron chi connectivity index (χ1n) is 7.84. The van der Waals surface area contributed by atoms with Gasteiger partial charge in [-0.15, -0.1) is 0 Å². The Balaban J connectivity index is 1.88. The first-order chi connectivity index (χ1) is 11.7. The smallest absolute Gasteiger partial charge is 0.164 e. The molecule has 1 atom stereocenters. The molecule has 0 aliphatic rings. The number of halogens is 2. The summed E-state index contributed by atoms with van der Waals surface area (Å²) in [6, 6.07) is 26.9. The normalized spacial score (nSPS) is 12.8. The van der Waals surface area contributed by atoms with E-state index in [-0.39, 0.29) is 6.42 Å². The molecule has 122 valence electrons. The van der Waals surface area contributed by atoms with E-state index in [1.54, 1.807) is 48.5 Å². The molecule has 1 unspecified atom stereocenters. The summed E-state index contributed by atoms with van der Waals surface area (Å²) in [7, 11) is 0. The molecule has 0 saturated carbocycles. The third-order valence-corrected chi connectivity index (χ3v) is 4.88. The van der Waals surface area contributed by atoms with E-state index >= 15 is 4.39 Å². The maximum Gasteiger partial charge on any atom is 0.164 e. The molecule has 0 amide bonds. The van der Waals surface area contributed by atoms with Gasteiger partial charge < -0.3 is 0 Å². The van der Waals surface area contributed by atoms with Gasteiger partial charge in [0.1, 0.15) is 0 Å². The predicted octanol–water partition coefficient (Wildman–Crippen LogP) is 6.38. The van der Waals surface area contributed by atoms with Crippen LogP contribution in [0.25, 0.3) is 0 Å². The first kappa shape index (κ1) is 16.7. The summed E-state index contributed by atoms with van der Waals surface area (Å²) in [5.41, 5.74) is -2.25. The summed E-state index contributed by atoms with van der Waals surface area (Å²) >= 11 is 1.05. The molecule has 0 bridgehead atoms. The van der Waals surface area contributed by atoms with E-state index in [4.69, 9.17) is 0 Å². The van der Waals surface area contributed by atoms with Crippen LogP contribution in [0.1, 0.15) is 17.5 Å². The van der Waals surface area contributed by atoms with Crippen molar-refractivity contribution in [1.29, 1.82) is 0 Å². The van der Waals surface area contributed by atoms with Gasteiger partial charge in [-0.05, 0) is 23.3 Å². The zero-order chi connectivity index (χ0) is 16.8. The lowest BCUT2D eigenvalue weighted by atomic mass is 9.85. The minimum atomic E-state index is -1.86. The number of thioether (sulfide) groups is 1. The van der Waals surface area contributed by atoms with Crippen LogP contribution in [0.5, 0.6) is 0 Å². The second kappa shape index (κ2) is 7.63. The van der Waals surface area contributed by atoms with E-state index in [1.165, 1.54) is 0 Å². The maximum atomic E-state index is 16.0. The van der Waals surface area contributed by atoms with Crippen molar-refractivity contribution in [3.63, 3.8) is 0 Å². The molecule has 0 radical (unpaired) electrons. The number of alkyl halides is 2. The van der Waals surface area contributed by atoms with Gasteiger partial charge in [0.15, 0.2) is 11.2 Å². The quantitative estimate of drug-likeness (QED) is 0.469. The average Bonchev–Trinajstić information content (AvgIpc) is 2.64. The topological polar surface area (TPSA) is 0 Å². The predicted molar refractivity (Wildman–Crippen MR) is 96.6 cm³/mol. The molecule has 3 heteroatoms. The third kappa shape index (κ3) is 3.85. The molecule has 0 saturated heterocycles. The summed E-state index contributed by atoms with van der Waals surface area (Å²) < 4.78 is 30.6. The third-order valence-electron chi connectivity index (χ3n) is 3.91. The Kier molecular flexibility index (Phi) is 5.31. The van der Waals surface area contributed by atoms with Gasteiger partial charge in [-0.3, -0.25) is 0 Å². The molecule has 0 aliphatic carbocycles. The van der Waals surface area contributed by atoms with Crippen molar-refractivity contribution in [2.45, 2.75) is 22.5 Å². The SMILES string of the molecule is FC(CC(F)(c1ccccc1)c1ccccc1)Sc1ccccc1. The Morgan fingerprint density at radius 2 is 1.12 bits per heavy atom. The lowest BCUT2D eigenvalue weighted by Gasteiger charge is -2.28. The Labute approximate surface area is 145 Å². The number of hydrogen-bond donors (Lipinski definition) is 0. The van der Waals surface area contributed by atoms with Crippen LogP contribution in [0.15, 0.2) is 95.9 Å². The molecule has 0 heterocycles. The van der Waals surface area contributed by atoms with Gasteiger partial charge >= 0.3 is 0 Å². The zero-order valence-electron chi connectivity index (χ0n) is 13.1. The summed E-state index contributed by atoms with van der Waals surface area (Å²) in [6.07, 6.45) is -0.236. The largest absolute Gasteiger partial charge is 0.235 e. The standard InChI is InChI=1S/C21H18F2S/c22-20(24-19-14-8-3-9-15-19)16-21(23,17-10-4-1-5-11-17)18-12-6-2-7-13-18/h1-15,20H,16H2. The number of rotatable bonds is 6. The van der Waals surface area contributed by atoms with Crippen LogP contribution in [0.3, 0.4) is 0 Å². The Morgan fingerprint density at radius 1 is 0.708 bits per heavy atom. The Morgan fingerprint density at radius 3 is 1.58 bits per heavy atom. The lowest BCUT2D eigenvalue weighted by Crippen LogP contribution is -2.25. The Hall–Kier alpha value is -2.13. The fourth-order valence-electron chi connectivity index (χ4n) is 2.72. The summed E-state index contributed by atoms with van der Waals surface area (Å²) in [4.78, 5) is 0.800. The van der Waals surface area contributed by atoms with Crippen LogP contribution in [-0.4, -0.2) is 5.50 Å².